The molecule has 0 amide bonds. The van der Waals surface area contributed by atoms with Crippen molar-refractivity contribution in [1.82, 2.24) is 0 Å². The molecule has 1 aromatic rings. The number of nitrogens with two attached hydrogens (primary N) is 1. The molecule has 3 atom stereocenters. The lowest BCUT2D eigenvalue weighted by Gasteiger charge is -2.32. The minimum absolute atomic E-state index is 0.230. The molecule has 154 valence electrons. The van der Waals surface area contributed by atoms with Crippen molar-refractivity contribution >= 4 is 29.4 Å². The van der Waals surface area contributed by atoms with E-state index in [1.54, 1.807) is 23.5 Å². The van der Waals surface area contributed by atoms with Crippen LogP contribution in [0.4, 0.5) is 0 Å². The topological polar surface area (TPSA) is 86.0 Å². The molecule has 1 aliphatic carbocycles. The number of rotatable bonds is 9. The summed E-state index contributed by atoms with van der Waals surface area (Å²) in [5, 5.41) is 20.9. The number of fused-ring (bicyclic) bond motifs is 1. The Balaban J connectivity index is 2.13. The first-order valence-corrected chi connectivity index (χ1v) is 12.4. The number of nitriles is 2. The van der Waals surface area contributed by atoms with E-state index < -0.39 is 15.0 Å². The van der Waals surface area contributed by atoms with Crippen LogP contribution in [0.15, 0.2) is 23.2 Å². The molecule has 2 N–H and O–H groups in total. The van der Waals surface area contributed by atoms with Crippen LogP contribution in [0.25, 0.3) is 0 Å². The van der Waals surface area contributed by atoms with E-state index in [0.717, 1.165) is 48.3 Å². The van der Waals surface area contributed by atoms with Gasteiger partial charge in [0.2, 0.25) is 0 Å². The fourth-order valence-electron chi connectivity index (χ4n) is 4.68. The van der Waals surface area contributed by atoms with Gasteiger partial charge in [0.05, 0.1) is 12.1 Å². The second kappa shape index (κ2) is 8.25. The van der Waals surface area contributed by atoms with Crippen LogP contribution in [0, 0.1) is 47.3 Å². The summed E-state index contributed by atoms with van der Waals surface area (Å²) in [6.07, 6.45) is 4.30. The maximum atomic E-state index is 10.6. The number of thioether (sulfide) groups is 2. The lowest BCUT2D eigenvalue weighted by atomic mass is 9.95. The Morgan fingerprint density at radius 2 is 1.69 bits per heavy atom. The van der Waals surface area contributed by atoms with Gasteiger partial charge in [0.1, 0.15) is 16.7 Å². The molecule has 3 rings (SSSR count). The number of unbranched alkanes of at least 4 members (excludes halogenated alkanes) is 2. The SMILES string of the molecule is CCCCSC1(SCCCC)N=C(N)C2(C#N)C(c3ccc(C)cc3C)C12C#N. The third kappa shape index (κ3) is 2.99. The fourth-order valence-corrected chi connectivity index (χ4v) is 8.37. The van der Waals surface area contributed by atoms with Gasteiger partial charge in [-0.25, -0.2) is 4.99 Å². The average molecular weight is 427 g/mol. The van der Waals surface area contributed by atoms with Crippen LogP contribution in [-0.2, 0) is 0 Å². The number of nitrogens with zero attached hydrogens (tertiary/aromatic N) is 3. The molecule has 1 aliphatic heterocycles. The Hall–Kier alpha value is -1.63. The Morgan fingerprint density at radius 1 is 1.07 bits per heavy atom. The molecule has 2 aliphatic rings. The predicted octanol–water partition coefficient (Wildman–Crippen LogP) is 5.51. The molecule has 3 unspecified atom stereocenters. The number of hydrogen-bond acceptors (Lipinski definition) is 6. The summed E-state index contributed by atoms with van der Waals surface area (Å²) in [5.41, 5.74) is 7.88. The van der Waals surface area contributed by atoms with Crippen molar-refractivity contribution < 1.29 is 0 Å². The van der Waals surface area contributed by atoms with Crippen LogP contribution in [0.3, 0.4) is 0 Å². The highest BCUT2D eigenvalue weighted by atomic mass is 32.2. The maximum Gasteiger partial charge on any atom is 0.175 e. The Morgan fingerprint density at radius 3 is 2.17 bits per heavy atom. The van der Waals surface area contributed by atoms with Crippen molar-refractivity contribution in [3.8, 4) is 12.1 Å². The van der Waals surface area contributed by atoms with E-state index in [-0.39, 0.29) is 5.92 Å². The smallest absolute Gasteiger partial charge is 0.175 e. The van der Waals surface area contributed by atoms with Gasteiger partial charge in [-0.3, -0.25) is 0 Å². The first-order chi connectivity index (χ1) is 13.9. The van der Waals surface area contributed by atoms with Crippen molar-refractivity contribution in [2.45, 2.75) is 63.5 Å². The highest BCUT2D eigenvalue weighted by molar-refractivity contribution is 8.18. The summed E-state index contributed by atoms with van der Waals surface area (Å²) < 4.78 is -0.714. The van der Waals surface area contributed by atoms with Gasteiger partial charge < -0.3 is 5.73 Å². The number of benzene rings is 1. The monoisotopic (exact) mass is 426 g/mol. The third-order valence-corrected chi connectivity index (χ3v) is 9.56. The molecule has 0 spiro atoms. The average Bonchev–Trinajstić information content (AvgIpc) is 3.26. The van der Waals surface area contributed by atoms with Gasteiger partial charge in [0, 0.05) is 5.92 Å². The Kier molecular flexibility index (Phi) is 6.27. The number of hydrogen-bond donors (Lipinski definition) is 1. The fraction of sp³-hybridized carbons (Fsp3) is 0.609. The van der Waals surface area contributed by atoms with Crippen molar-refractivity contribution in [3.05, 3.63) is 34.9 Å². The summed E-state index contributed by atoms with van der Waals surface area (Å²) in [6.45, 7) is 8.46. The van der Waals surface area contributed by atoms with Gasteiger partial charge in [-0.05, 0) is 49.3 Å². The zero-order valence-corrected chi connectivity index (χ0v) is 19.4. The van der Waals surface area contributed by atoms with E-state index in [4.69, 9.17) is 10.7 Å². The normalized spacial score (nSPS) is 28.9. The van der Waals surface area contributed by atoms with E-state index in [1.165, 1.54) is 5.56 Å². The molecule has 4 nitrogen and oxygen atoms in total. The van der Waals surface area contributed by atoms with E-state index in [2.05, 4.69) is 58.0 Å². The second-order valence-corrected chi connectivity index (χ2v) is 10.9. The lowest BCUT2D eigenvalue weighted by molar-refractivity contribution is 0.562. The molecular formula is C23H30N4S2. The molecule has 6 heteroatoms. The molecule has 1 fully saturated rings. The minimum atomic E-state index is -1.03. The highest BCUT2D eigenvalue weighted by Gasteiger charge is 2.92. The summed E-state index contributed by atoms with van der Waals surface area (Å²) in [4.78, 5) is 4.88. The summed E-state index contributed by atoms with van der Waals surface area (Å²) in [7, 11) is 0. The maximum absolute atomic E-state index is 10.6. The largest absolute Gasteiger partial charge is 0.386 e. The van der Waals surface area contributed by atoms with Gasteiger partial charge in [-0.15, -0.1) is 23.5 Å². The molecule has 1 heterocycles. The highest BCUT2D eigenvalue weighted by Crippen LogP contribution is 2.85. The Bertz CT molecular complexity index is 887. The first-order valence-electron chi connectivity index (χ1n) is 10.4. The van der Waals surface area contributed by atoms with Crippen LogP contribution in [0.5, 0.6) is 0 Å². The molecule has 0 radical (unpaired) electrons. The molecular weight excluding hydrogens is 396 g/mol. The summed E-state index contributed by atoms with van der Waals surface area (Å²) >= 11 is 3.45. The number of amidine groups is 1. The second-order valence-electron chi connectivity index (χ2n) is 8.12. The molecule has 0 saturated heterocycles. The van der Waals surface area contributed by atoms with Gasteiger partial charge in [-0.1, -0.05) is 50.5 Å². The molecule has 1 aromatic carbocycles. The molecule has 1 saturated carbocycles. The van der Waals surface area contributed by atoms with Crippen LogP contribution < -0.4 is 5.73 Å². The lowest BCUT2D eigenvalue weighted by Crippen LogP contribution is -2.32. The number of aryl methyl sites for hydroxylation is 2. The van der Waals surface area contributed by atoms with Crippen LogP contribution >= 0.6 is 23.5 Å². The van der Waals surface area contributed by atoms with E-state index >= 15 is 0 Å². The molecule has 29 heavy (non-hydrogen) atoms. The third-order valence-electron chi connectivity index (χ3n) is 6.25. The standard InChI is InChI=1S/C23H30N4S2/c1-5-7-11-28-23(29-12-8-6-2)22(15-25)19(21(22,14-24)20(26)27-23)18-10-9-16(3)13-17(18)4/h9-10,13,19H,5-8,11-12H2,1-4H3,(H2,26,27). The first kappa shape index (κ1) is 22.1. The van der Waals surface area contributed by atoms with E-state index in [1.807, 2.05) is 0 Å². The van der Waals surface area contributed by atoms with Gasteiger partial charge in [0.15, 0.2) is 4.20 Å². The van der Waals surface area contributed by atoms with Crippen molar-refractivity contribution in [2.75, 3.05) is 11.5 Å². The summed E-state index contributed by atoms with van der Waals surface area (Å²) in [5.74, 6) is 1.94. The zero-order valence-electron chi connectivity index (χ0n) is 17.8. The van der Waals surface area contributed by atoms with E-state index in [0.29, 0.717) is 5.84 Å². The summed E-state index contributed by atoms with van der Waals surface area (Å²) in [6, 6.07) is 11.4. The van der Waals surface area contributed by atoms with Gasteiger partial charge in [-0.2, -0.15) is 10.5 Å². The van der Waals surface area contributed by atoms with Crippen LogP contribution in [0.2, 0.25) is 0 Å². The minimum Gasteiger partial charge on any atom is -0.386 e. The van der Waals surface area contributed by atoms with Crippen molar-refractivity contribution in [2.24, 2.45) is 21.6 Å². The van der Waals surface area contributed by atoms with Crippen LogP contribution in [-0.4, -0.2) is 21.5 Å². The predicted molar refractivity (Wildman–Crippen MR) is 124 cm³/mol. The molecule has 0 bridgehead atoms. The van der Waals surface area contributed by atoms with Crippen molar-refractivity contribution in [1.29, 1.82) is 10.5 Å². The van der Waals surface area contributed by atoms with Gasteiger partial charge >= 0.3 is 0 Å². The zero-order chi connectivity index (χ0) is 21.3. The quantitative estimate of drug-likeness (QED) is 0.415. The van der Waals surface area contributed by atoms with Crippen LogP contribution in [0.1, 0.15) is 62.1 Å². The number of aliphatic imine (C=N–C) groups is 1. The Labute approximate surface area is 183 Å². The van der Waals surface area contributed by atoms with Crippen molar-refractivity contribution in [3.63, 3.8) is 0 Å². The van der Waals surface area contributed by atoms with E-state index in [9.17, 15) is 10.5 Å². The van der Waals surface area contributed by atoms with Gasteiger partial charge in [0.25, 0.3) is 0 Å². The molecule has 0 aromatic heterocycles.